The Morgan fingerprint density at radius 2 is 1.79 bits per heavy atom. The summed E-state index contributed by atoms with van der Waals surface area (Å²) in [4.78, 5) is 0. The average Bonchev–Trinajstić information content (AvgIpc) is 3.21. The molecule has 1 fully saturated rings. The van der Waals surface area contributed by atoms with Gasteiger partial charge in [-0.15, -0.1) is 5.10 Å². The molecule has 0 bridgehead atoms. The number of aryl methyl sites for hydroxylation is 1. The molecule has 1 heterocycles. The first kappa shape index (κ1) is 18.5. The molecule has 0 saturated heterocycles. The molecule has 0 spiro atoms. The molecular formula is C22H27N5O. The van der Waals surface area contributed by atoms with Crippen LogP contribution in [0.3, 0.4) is 0 Å². The molecule has 1 N–H and O–H groups in total. The number of nitrogens with one attached hydrogen (secondary N) is 1. The van der Waals surface area contributed by atoms with Crippen molar-refractivity contribution in [3.8, 4) is 11.4 Å². The molecule has 1 saturated carbocycles. The number of hydrogen-bond donors (Lipinski definition) is 1. The lowest BCUT2D eigenvalue weighted by Crippen LogP contribution is -2.41. The Morgan fingerprint density at radius 1 is 1.07 bits per heavy atom. The van der Waals surface area contributed by atoms with E-state index >= 15 is 0 Å². The van der Waals surface area contributed by atoms with E-state index in [0.717, 1.165) is 54.2 Å². The molecule has 4 rings (SSSR count). The van der Waals surface area contributed by atoms with Crippen molar-refractivity contribution in [2.75, 3.05) is 12.4 Å². The topological polar surface area (TPSA) is 64.9 Å². The molecule has 3 aromatic rings. The van der Waals surface area contributed by atoms with Crippen LogP contribution in [0.15, 0.2) is 48.5 Å². The first-order valence-corrected chi connectivity index (χ1v) is 9.89. The third-order valence-electron chi connectivity index (χ3n) is 5.85. The quantitative estimate of drug-likeness (QED) is 0.709. The maximum absolute atomic E-state index is 5.58. The summed E-state index contributed by atoms with van der Waals surface area (Å²) >= 11 is 0. The van der Waals surface area contributed by atoms with E-state index in [0.29, 0.717) is 5.92 Å². The zero-order chi connectivity index (χ0) is 19.6. The fraction of sp³-hybridized carbons (Fsp3) is 0.409. The Bertz CT molecular complexity index is 943. The van der Waals surface area contributed by atoms with Crippen molar-refractivity contribution in [1.82, 2.24) is 20.2 Å². The van der Waals surface area contributed by atoms with Crippen molar-refractivity contribution < 1.29 is 4.74 Å². The Morgan fingerprint density at radius 3 is 2.54 bits per heavy atom. The molecule has 0 radical (unpaired) electrons. The zero-order valence-electron chi connectivity index (χ0n) is 16.7. The normalized spacial score (nSPS) is 22.0. The zero-order valence-corrected chi connectivity index (χ0v) is 16.7. The molecule has 1 aliphatic carbocycles. The summed E-state index contributed by atoms with van der Waals surface area (Å²) in [7, 11) is 1.70. The van der Waals surface area contributed by atoms with Crippen LogP contribution < -0.4 is 10.1 Å². The summed E-state index contributed by atoms with van der Waals surface area (Å²) in [5, 5.41) is 16.7. The van der Waals surface area contributed by atoms with Gasteiger partial charge in [-0.25, -0.2) is 0 Å². The average molecular weight is 377 g/mol. The van der Waals surface area contributed by atoms with Crippen LogP contribution in [-0.2, 0) is 5.54 Å². The van der Waals surface area contributed by atoms with Gasteiger partial charge in [-0.2, -0.15) is 4.68 Å². The van der Waals surface area contributed by atoms with E-state index in [2.05, 4.69) is 52.9 Å². The van der Waals surface area contributed by atoms with Gasteiger partial charge in [-0.3, -0.25) is 0 Å². The maximum Gasteiger partial charge on any atom is 0.181 e. The fourth-order valence-electron chi connectivity index (χ4n) is 4.11. The smallest absolute Gasteiger partial charge is 0.181 e. The van der Waals surface area contributed by atoms with Gasteiger partial charge < -0.3 is 10.1 Å². The van der Waals surface area contributed by atoms with Crippen LogP contribution in [0, 0.1) is 12.8 Å². The van der Waals surface area contributed by atoms with Crippen molar-refractivity contribution in [1.29, 1.82) is 0 Å². The van der Waals surface area contributed by atoms with E-state index in [4.69, 9.17) is 4.74 Å². The lowest BCUT2D eigenvalue weighted by molar-refractivity contribution is 0.254. The molecule has 6 nitrogen and oxygen atoms in total. The largest absolute Gasteiger partial charge is 0.495 e. The molecule has 146 valence electrons. The number of benzene rings is 2. The van der Waals surface area contributed by atoms with Crippen molar-refractivity contribution in [3.63, 3.8) is 0 Å². The second kappa shape index (κ2) is 7.62. The number of anilines is 1. The number of aromatic nitrogens is 4. The first-order valence-electron chi connectivity index (χ1n) is 9.89. The molecule has 0 atom stereocenters. The fourth-order valence-corrected chi connectivity index (χ4v) is 4.11. The van der Waals surface area contributed by atoms with Crippen LogP contribution in [0.25, 0.3) is 5.69 Å². The van der Waals surface area contributed by atoms with Crippen LogP contribution in [0.5, 0.6) is 5.75 Å². The molecule has 6 heteroatoms. The van der Waals surface area contributed by atoms with E-state index in [1.54, 1.807) is 7.11 Å². The monoisotopic (exact) mass is 377 g/mol. The van der Waals surface area contributed by atoms with Crippen molar-refractivity contribution >= 4 is 5.69 Å². The Kier molecular flexibility index (Phi) is 5.03. The van der Waals surface area contributed by atoms with Crippen LogP contribution in [0.2, 0.25) is 0 Å². The third kappa shape index (κ3) is 3.35. The van der Waals surface area contributed by atoms with Gasteiger partial charge in [0.15, 0.2) is 5.82 Å². The van der Waals surface area contributed by atoms with Gasteiger partial charge in [0, 0.05) is 0 Å². The third-order valence-corrected chi connectivity index (χ3v) is 5.85. The predicted molar refractivity (Wildman–Crippen MR) is 110 cm³/mol. The molecular weight excluding hydrogens is 350 g/mol. The number of methoxy groups -OCH3 is 1. The van der Waals surface area contributed by atoms with Gasteiger partial charge in [-0.1, -0.05) is 37.3 Å². The van der Waals surface area contributed by atoms with Gasteiger partial charge in [-0.05, 0) is 72.7 Å². The minimum Gasteiger partial charge on any atom is -0.495 e. The molecule has 1 aliphatic rings. The minimum absolute atomic E-state index is 0.340. The van der Waals surface area contributed by atoms with Gasteiger partial charge in [0.2, 0.25) is 0 Å². The SMILES string of the molecule is COc1ccccc1NC1(c2nnnn2-c2ccccc2C)CCC(C)CC1. The summed E-state index contributed by atoms with van der Waals surface area (Å²) < 4.78 is 7.48. The molecule has 2 aromatic carbocycles. The Hall–Kier alpha value is -2.89. The van der Waals surface area contributed by atoms with Crippen molar-refractivity contribution in [3.05, 3.63) is 59.9 Å². The highest BCUT2D eigenvalue weighted by atomic mass is 16.5. The van der Waals surface area contributed by atoms with E-state index in [-0.39, 0.29) is 5.54 Å². The van der Waals surface area contributed by atoms with E-state index < -0.39 is 0 Å². The maximum atomic E-state index is 5.58. The molecule has 0 aliphatic heterocycles. The number of tetrazole rings is 1. The highest BCUT2D eigenvalue weighted by Crippen LogP contribution is 2.43. The lowest BCUT2D eigenvalue weighted by atomic mass is 9.76. The van der Waals surface area contributed by atoms with Crippen LogP contribution in [-0.4, -0.2) is 27.3 Å². The number of nitrogens with zero attached hydrogens (tertiary/aromatic N) is 4. The lowest BCUT2D eigenvalue weighted by Gasteiger charge is -2.40. The van der Waals surface area contributed by atoms with Gasteiger partial charge in [0.05, 0.1) is 24.0 Å². The van der Waals surface area contributed by atoms with Gasteiger partial charge in [0.25, 0.3) is 0 Å². The van der Waals surface area contributed by atoms with Crippen molar-refractivity contribution in [2.24, 2.45) is 5.92 Å². The van der Waals surface area contributed by atoms with E-state index in [9.17, 15) is 0 Å². The standard InChI is InChI=1S/C22H27N5O/c1-16-12-14-22(15-13-16,23-18-9-5-7-11-20(18)28-3)21-24-25-26-27(21)19-10-6-4-8-17(19)2/h4-11,16,23H,12-15H2,1-3H3. The molecule has 1 aromatic heterocycles. The molecule has 0 unspecified atom stereocenters. The summed E-state index contributed by atoms with van der Waals surface area (Å²) in [6.07, 6.45) is 4.20. The summed E-state index contributed by atoms with van der Waals surface area (Å²) in [6.45, 7) is 4.40. The summed E-state index contributed by atoms with van der Waals surface area (Å²) in [6, 6.07) is 16.3. The van der Waals surface area contributed by atoms with Crippen molar-refractivity contribution in [2.45, 2.75) is 45.1 Å². The van der Waals surface area contributed by atoms with E-state index in [1.807, 2.05) is 35.0 Å². The highest BCUT2D eigenvalue weighted by Gasteiger charge is 2.41. The van der Waals surface area contributed by atoms with E-state index in [1.165, 1.54) is 0 Å². The van der Waals surface area contributed by atoms with Crippen LogP contribution in [0.1, 0.15) is 44.0 Å². The Balaban J connectivity index is 1.80. The summed E-state index contributed by atoms with van der Waals surface area (Å²) in [5.41, 5.74) is 2.79. The predicted octanol–water partition coefficient (Wildman–Crippen LogP) is 4.50. The summed E-state index contributed by atoms with van der Waals surface area (Å²) in [5.74, 6) is 2.39. The Labute approximate surface area is 165 Å². The first-order chi connectivity index (χ1) is 13.6. The van der Waals surface area contributed by atoms with Gasteiger partial charge in [0.1, 0.15) is 5.75 Å². The number of ether oxygens (including phenoxy) is 1. The number of rotatable bonds is 5. The van der Waals surface area contributed by atoms with Gasteiger partial charge >= 0.3 is 0 Å². The van der Waals surface area contributed by atoms with Crippen LogP contribution >= 0.6 is 0 Å². The van der Waals surface area contributed by atoms with Crippen LogP contribution in [0.4, 0.5) is 5.69 Å². The number of hydrogen-bond acceptors (Lipinski definition) is 5. The second-order valence-electron chi connectivity index (χ2n) is 7.79. The molecule has 28 heavy (non-hydrogen) atoms. The number of para-hydroxylation sites is 3. The second-order valence-corrected chi connectivity index (χ2v) is 7.79. The molecule has 0 amide bonds. The highest BCUT2D eigenvalue weighted by molar-refractivity contribution is 5.58. The minimum atomic E-state index is -0.340.